The number of nitriles is 1. The van der Waals surface area contributed by atoms with Crippen molar-refractivity contribution in [1.82, 2.24) is 14.5 Å². The molecule has 0 unspecified atom stereocenters. The van der Waals surface area contributed by atoms with E-state index in [9.17, 15) is 5.26 Å². The molecule has 0 saturated carbocycles. The third kappa shape index (κ3) is 3.85. The number of fused-ring (bicyclic) bond motifs is 3. The standard InChI is InChI=1S/C35H22N4/c36-22-26-14-9-16-28(35(26)39-33-17-8-7-15-29(33)30-18-19-37-23-34(30)39)27-20-31(24-10-3-1-4-11-24)38-32(21-27)25-12-5-2-6-13-25/h1-21,23H. The average molecular weight is 499 g/mol. The van der Waals surface area contributed by atoms with Crippen LogP contribution in [0.2, 0.25) is 0 Å². The highest BCUT2D eigenvalue weighted by molar-refractivity contribution is 6.09. The minimum absolute atomic E-state index is 0.596. The lowest BCUT2D eigenvalue weighted by molar-refractivity contribution is 1.16. The Hall–Kier alpha value is -5.53. The summed E-state index contributed by atoms with van der Waals surface area (Å²) in [6.45, 7) is 0. The Kier molecular flexibility index (Phi) is 5.46. The summed E-state index contributed by atoms with van der Waals surface area (Å²) in [6.07, 6.45) is 3.70. The molecule has 4 heteroatoms. The molecular weight excluding hydrogens is 476 g/mol. The summed E-state index contributed by atoms with van der Waals surface area (Å²) in [7, 11) is 0. The fraction of sp³-hybridized carbons (Fsp3) is 0. The van der Waals surface area contributed by atoms with E-state index in [4.69, 9.17) is 4.98 Å². The van der Waals surface area contributed by atoms with Crippen molar-refractivity contribution in [3.05, 3.63) is 139 Å². The zero-order chi connectivity index (χ0) is 26.2. The lowest BCUT2D eigenvalue weighted by Gasteiger charge is -2.17. The van der Waals surface area contributed by atoms with Gasteiger partial charge in [-0.1, -0.05) is 91.0 Å². The molecule has 0 N–H and O–H groups in total. The predicted octanol–water partition coefficient (Wildman–Crippen LogP) is 8.45. The van der Waals surface area contributed by atoms with Crippen molar-refractivity contribution in [2.45, 2.75) is 0 Å². The summed E-state index contributed by atoms with van der Waals surface area (Å²) < 4.78 is 2.18. The molecule has 182 valence electrons. The number of rotatable bonds is 4. The van der Waals surface area contributed by atoms with Crippen molar-refractivity contribution in [2.75, 3.05) is 0 Å². The van der Waals surface area contributed by atoms with Gasteiger partial charge in [0.25, 0.3) is 0 Å². The van der Waals surface area contributed by atoms with E-state index in [1.165, 1.54) is 0 Å². The maximum absolute atomic E-state index is 10.3. The largest absolute Gasteiger partial charge is 0.306 e. The predicted molar refractivity (Wildman–Crippen MR) is 157 cm³/mol. The van der Waals surface area contributed by atoms with Gasteiger partial charge in [0.15, 0.2) is 0 Å². The highest BCUT2D eigenvalue weighted by atomic mass is 15.0. The van der Waals surface area contributed by atoms with E-state index in [0.717, 1.165) is 61.1 Å². The van der Waals surface area contributed by atoms with Gasteiger partial charge in [-0.15, -0.1) is 0 Å². The van der Waals surface area contributed by atoms with Crippen LogP contribution in [0.15, 0.2) is 134 Å². The lowest BCUT2D eigenvalue weighted by atomic mass is 9.96. The van der Waals surface area contributed by atoms with Crippen molar-refractivity contribution in [1.29, 1.82) is 5.26 Å². The van der Waals surface area contributed by atoms with E-state index in [2.05, 4.69) is 70.2 Å². The topological polar surface area (TPSA) is 54.5 Å². The van der Waals surface area contributed by atoms with E-state index < -0.39 is 0 Å². The second-order valence-corrected chi connectivity index (χ2v) is 9.42. The number of para-hydroxylation sites is 2. The van der Waals surface area contributed by atoms with Gasteiger partial charge in [-0.2, -0.15) is 5.26 Å². The number of hydrogen-bond acceptors (Lipinski definition) is 3. The van der Waals surface area contributed by atoms with Gasteiger partial charge < -0.3 is 4.57 Å². The van der Waals surface area contributed by atoms with E-state index in [1.54, 1.807) is 0 Å². The van der Waals surface area contributed by atoms with E-state index in [1.807, 2.05) is 79.1 Å². The number of aromatic nitrogens is 3. The van der Waals surface area contributed by atoms with Crippen LogP contribution in [0.25, 0.3) is 61.1 Å². The molecule has 4 nitrogen and oxygen atoms in total. The fourth-order valence-corrected chi connectivity index (χ4v) is 5.37. The van der Waals surface area contributed by atoms with Crippen molar-refractivity contribution >= 4 is 21.8 Å². The Morgan fingerprint density at radius 2 is 1.23 bits per heavy atom. The normalized spacial score (nSPS) is 11.1. The van der Waals surface area contributed by atoms with Crippen LogP contribution in [0.4, 0.5) is 0 Å². The minimum atomic E-state index is 0.596. The molecule has 0 bridgehead atoms. The molecule has 0 aliphatic heterocycles. The molecule has 0 radical (unpaired) electrons. The summed E-state index contributed by atoms with van der Waals surface area (Å²) in [4.78, 5) is 9.50. The van der Waals surface area contributed by atoms with Gasteiger partial charge in [-0.3, -0.25) is 4.98 Å². The van der Waals surface area contributed by atoms with Crippen molar-refractivity contribution < 1.29 is 0 Å². The molecule has 4 aromatic carbocycles. The molecule has 3 aromatic heterocycles. The van der Waals surface area contributed by atoms with Crippen LogP contribution in [0.3, 0.4) is 0 Å². The Morgan fingerprint density at radius 3 is 1.92 bits per heavy atom. The van der Waals surface area contributed by atoms with Crippen LogP contribution in [-0.4, -0.2) is 14.5 Å². The first-order chi connectivity index (χ1) is 19.3. The van der Waals surface area contributed by atoms with E-state index in [-0.39, 0.29) is 0 Å². The number of nitrogens with zero attached hydrogens (tertiary/aromatic N) is 4. The summed E-state index contributed by atoms with van der Waals surface area (Å²) in [5, 5.41) is 12.5. The van der Waals surface area contributed by atoms with Gasteiger partial charge in [0.2, 0.25) is 0 Å². The summed E-state index contributed by atoms with van der Waals surface area (Å²) in [6, 6.07) is 43.4. The molecule has 0 aliphatic carbocycles. The van der Waals surface area contributed by atoms with Gasteiger partial charge in [-0.25, -0.2) is 4.98 Å². The first-order valence-electron chi connectivity index (χ1n) is 12.8. The van der Waals surface area contributed by atoms with Crippen LogP contribution in [0.5, 0.6) is 0 Å². The molecule has 0 amide bonds. The summed E-state index contributed by atoms with van der Waals surface area (Å²) >= 11 is 0. The van der Waals surface area contributed by atoms with Crippen LogP contribution < -0.4 is 0 Å². The first-order valence-corrected chi connectivity index (χ1v) is 12.8. The lowest BCUT2D eigenvalue weighted by Crippen LogP contribution is -2.01. The highest BCUT2D eigenvalue weighted by Crippen LogP contribution is 2.39. The van der Waals surface area contributed by atoms with Crippen LogP contribution >= 0.6 is 0 Å². The van der Waals surface area contributed by atoms with Gasteiger partial charge in [-0.05, 0) is 35.9 Å². The Bertz CT molecular complexity index is 1910. The number of pyridine rings is 2. The zero-order valence-corrected chi connectivity index (χ0v) is 21.0. The molecule has 0 atom stereocenters. The molecule has 0 aliphatic rings. The number of hydrogen-bond donors (Lipinski definition) is 0. The monoisotopic (exact) mass is 498 g/mol. The summed E-state index contributed by atoms with van der Waals surface area (Å²) in [5.74, 6) is 0. The molecule has 0 fully saturated rings. The van der Waals surface area contributed by atoms with E-state index >= 15 is 0 Å². The Morgan fingerprint density at radius 1 is 0.590 bits per heavy atom. The van der Waals surface area contributed by atoms with Crippen LogP contribution in [0.1, 0.15) is 5.56 Å². The van der Waals surface area contributed by atoms with Crippen molar-refractivity contribution in [3.8, 4) is 45.4 Å². The SMILES string of the molecule is N#Cc1cccc(-c2cc(-c3ccccc3)nc(-c3ccccc3)c2)c1-n1c2ccccc2c2ccncc21. The van der Waals surface area contributed by atoms with Gasteiger partial charge in [0, 0.05) is 33.7 Å². The van der Waals surface area contributed by atoms with Gasteiger partial charge >= 0.3 is 0 Å². The van der Waals surface area contributed by atoms with Crippen LogP contribution in [-0.2, 0) is 0 Å². The Balaban J connectivity index is 1.57. The second kappa shape index (κ2) is 9.41. The zero-order valence-electron chi connectivity index (χ0n) is 21.0. The maximum Gasteiger partial charge on any atom is 0.101 e. The van der Waals surface area contributed by atoms with Gasteiger partial charge in [0.1, 0.15) is 6.07 Å². The molecule has 7 rings (SSSR count). The molecule has 0 saturated heterocycles. The molecular formula is C35H22N4. The third-order valence-corrected chi connectivity index (χ3v) is 7.13. The molecule has 0 spiro atoms. The minimum Gasteiger partial charge on any atom is -0.306 e. The van der Waals surface area contributed by atoms with Gasteiger partial charge in [0.05, 0.1) is 39.9 Å². The number of benzene rings is 4. The van der Waals surface area contributed by atoms with E-state index in [0.29, 0.717) is 5.56 Å². The average Bonchev–Trinajstić information content (AvgIpc) is 3.35. The molecule has 39 heavy (non-hydrogen) atoms. The highest BCUT2D eigenvalue weighted by Gasteiger charge is 2.20. The summed E-state index contributed by atoms with van der Waals surface area (Å²) in [5.41, 5.74) is 9.21. The van der Waals surface area contributed by atoms with Crippen molar-refractivity contribution in [3.63, 3.8) is 0 Å². The molecule has 3 heterocycles. The Labute approximate surface area is 226 Å². The third-order valence-electron chi connectivity index (χ3n) is 7.13. The van der Waals surface area contributed by atoms with Crippen molar-refractivity contribution in [2.24, 2.45) is 0 Å². The second-order valence-electron chi connectivity index (χ2n) is 9.42. The van der Waals surface area contributed by atoms with Crippen LogP contribution in [0, 0.1) is 11.3 Å². The smallest absolute Gasteiger partial charge is 0.101 e. The molecule has 7 aromatic rings. The maximum atomic E-state index is 10.3. The quantitative estimate of drug-likeness (QED) is 0.245. The first kappa shape index (κ1) is 22.7. The fourth-order valence-electron chi connectivity index (χ4n) is 5.37.